The van der Waals surface area contributed by atoms with Crippen molar-refractivity contribution in [3.05, 3.63) is 117 Å². The Morgan fingerprint density at radius 2 is 1.65 bits per heavy atom. The van der Waals surface area contributed by atoms with E-state index in [1.165, 1.54) is 12.1 Å². The molecule has 5 aromatic rings. The molecule has 0 bridgehead atoms. The largest absolute Gasteiger partial charge is 0.416 e. The minimum atomic E-state index is -4.41. The van der Waals surface area contributed by atoms with Gasteiger partial charge in [-0.05, 0) is 89.2 Å². The minimum absolute atomic E-state index is 0.223. The van der Waals surface area contributed by atoms with Gasteiger partial charge in [0, 0.05) is 49.5 Å². The summed E-state index contributed by atoms with van der Waals surface area (Å²) in [6.45, 7) is 6.52. The highest BCUT2D eigenvalue weighted by Gasteiger charge is 2.34. The molecule has 0 saturated carbocycles. The number of benzene rings is 3. The van der Waals surface area contributed by atoms with Crippen LogP contribution in [-0.2, 0) is 19.1 Å². The molecule has 0 aliphatic carbocycles. The van der Waals surface area contributed by atoms with Crippen molar-refractivity contribution < 1.29 is 13.2 Å². The van der Waals surface area contributed by atoms with E-state index >= 15 is 0 Å². The fourth-order valence-corrected chi connectivity index (χ4v) is 5.76. The first kappa shape index (κ1) is 28.6. The molecule has 1 atom stereocenters. The number of fused-ring (bicyclic) bond motifs is 1. The highest BCUT2D eigenvalue weighted by atomic mass is 19.4. The van der Waals surface area contributed by atoms with E-state index in [-0.39, 0.29) is 5.56 Å². The third-order valence-corrected chi connectivity index (χ3v) is 8.26. The molecule has 3 aromatic carbocycles. The number of anilines is 1. The minimum Gasteiger partial charge on any atom is -0.369 e. The molecule has 1 aliphatic rings. The van der Waals surface area contributed by atoms with Crippen LogP contribution in [0.4, 0.5) is 18.9 Å². The van der Waals surface area contributed by atoms with Gasteiger partial charge in [0.05, 0.1) is 5.56 Å². The quantitative estimate of drug-likeness (QED) is 0.278. The van der Waals surface area contributed by atoms with Crippen molar-refractivity contribution in [2.24, 2.45) is 0 Å². The molecule has 43 heavy (non-hydrogen) atoms. The molecule has 11 heteroatoms. The van der Waals surface area contributed by atoms with Crippen LogP contribution in [0.1, 0.15) is 39.7 Å². The molecule has 2 aromatic heterocycles. The summed E-state index contributed by atoms with van der Waals surface area (Å²) < 4.78 is 41.9. The third kappa shape index (κ3) is 6.03. The Hall–Kier alpha value is -4.51. The molecule has 1 N–H and O–H groups in total. The Morgan fingerprint density at radius 1 is 0.907 bits per heavy atom. The van der Waals surface area contributed by atoms with Crippen molar-refractivity contribution in [2.45, 2.75) is 39.0 Å². The summed E-state index contributed by atoms with van der Waals surface area (Å²) in [6, 6.07) is 20.9. The molecule has 3 heterocycles. The Kier molecular flexibility index (Phi) is 7.74. The number of aryl methyl sites for hydroxylation is 4. The van der Waals surface area contributed by atoms with Gasteiger partial charge in [0.2, 0.25) is 0 Å². The topological polar surface area (TPSA) is 82.9 Å². The number of aromatic amines is 1. The maximum Gasteiger partial charge on any atom is 0.416 e. The van der Waals surface area contributed by atoms with Crippen LogP contribution in [0, 0.1) is 13.8 Å². The number of H-pyrrole nitrogens is 1. The number of pyridine rings is 1. The maximum absolute atomic E-state index is 13.6. The lowest BCUT2D eigenvalue weighted by Crippen LogP contribution is -2.49. The standard InChI is InChI=1S/C32H32F3N7O/c1-21-17-24-19-27(31(43)36-28(24)18-22(21)2)29(30-37-38-39-42(30)12-11-23-7-4-3-5-8-23)41-15-13-40(14-16-41)26-10-6-9-25(20-26)32(33,34)35/h3-10,17-20,29H,11-16H2,1-2H3,(H,36,43)/t29-/m1/s1. The van der Waals surface area contributed by atoms with Crippen LogP contribution in [0.15, 0.2) is 77.6 Å². The van der Waals surface area contributed by atoms with Crippen molar-refractivity contribution >= 4 is 16.6 Å². The second-order valence-electron chi connectivity index (χ2n) is 11.0. The number of nitrogens with one attached hydrogen (secondary N) is 1. The van der Waals surface area contributed by atoms with Gasteiger partial charge in [0.1, 0.15) is 6.04 Å². The Balaban J connectivity index is 1.34. The number of piperazine rings is 1. The number of halogens is 3. The average Bonchev–Trinajstić information content (AvgIpc) is 3.46. The van der Waals surface area contributed by atoms with Crippen LogP contribution < -0.4 is 10.5 Å². The molecule has 222 valence electrons. The first-order chi connectivity index (χ1) is 20.7. The van der Waals surface area contributed by atoms with Crippen LogP contribution in [0.2, 0.25) is 0 Å². The van der Waals surface area contributed by atoms with E-state index in [4.69, 9.17) is 0 Å². The van der Waals surface area contributed by atoms with E-state index in [1.807, 2.05) is 61.2 Å². The smallest absolute Gasteiger partial charge is 0.369 e. The van der Waals surface area contributed by atoms with Crippen LogP contribution in [-0.4, -0.2) is 56.3 Å². The molecule has 6 rings (SSSR count). The normalized spacial score (nSPS) is 15.2. The van der Waals surface area contributed by atoms with Gasteiger partial charge < -0.3 is 9.88 Å². The number of rotatable bonds is 7. The zero-order chi connectivity index (χ0) is 30.1. The van der Waals surface area contributed by atoms with E-state index in [2.05, 4.69) is 31.5 Å². The molecule has 1 aliphatic heterocycles. The summed E-state index contributed by atoms with van der Waals surface area (Å²) in [6.07, 6.45) is -3.70. The van der Waals surface area contributed by atoms with Gasteiger partial charge in [-0.15, -0.1) is 5.10 Å². The monoisotopic (exact) mass is 587 g/mol. The van der Waals surface area contributed by atoms with Gasteiger partial charge >= 0.3 is 6.18 Å². The van der Waals surface area contributed by atoms with Crippen molar-refractivity contribution in [3.63, 3.8) is 0 Å². The summed E-state index contributed by atoms with van der Waals surface area (Å²) in [5.41, 5.74) is 4.26. The number of aromatic nitrogens is 5. The van der Waals surface area contributed by atoms with E-state index < -0.39 is 17.8 Å². The molecular formula is C32H32F3N7O. The third-order valence-electron chi connectivity index (χ3n) is 8.26. The Labute approximate surface area is 246 Å². The lowest BCUT2D eigenvalue weighted by Gasteiger charge is -2.39. The zero-order valence-electron chi connectivity index (χ0n) is 24.0. The highest BCUT2D eigenvalue weighted by molar-refractivity contribution is 5.81. The molecule has 0 unspecified atom stereocenters. The van der Waals surface area contributed by atoms with Gasteiger partial charge in [0.25, 0.3) is 5.56 Å². The van der Waals surface area contributed by atoms with Crippen LogP contribution in [0.25, 0.3) is 10.9 Å². The fraction of sp³-hybridized carbons (Fsp3) is 0.312. The highest BCUT2D eigenvalue weighted by Crippen LogP contribution is 2.33. The van der Waals surface area contributed by atoms with E-state index in [0.717, 1.165) is 33.7 Å². The second kappa shape index (κ2) is 11.6. The van der Waals surface area contributed by atoms with E-state index in [0.29, 0.717) is 56.2 Å². The summed E-state index contributed by atoms with van der Waals surface area (Å²) in [7, 11) is 0. The van der Waals surface area contributed by atoms with Gasteiger partial charge in [0.15, 0.2) is 5.82 Å². The van der Waals surface area contributed by atoms with Gasteiger partial charge in [-0.25, -0.2) is 4.68 Å². The predicted octanol–water partition coefficient (Wildman–Crippen LogP) is 5.30. The second-order valence-corrected chi connectivity index (χ2v) is 11.0. The predicted molar refractivity (Wildman–Crippen MR) is 159 cm³/mol. The Morgan fingerprint density at radius 3 is 2.40 bits per heavy atom. The number of hydrogen-bond acceptors (Lipinski definition) is 6. The molecule has 0 radical (unpaired) electrons. The fourth-order valence-electron chi connectivity index (χ4n) is 5.76. The lowest BCUT2D eigenvalue weighted by molar-refractivity contribution is -0.137. The van der Waals surface area contributed by atoms with Gasteiger partial charge in [-0.1, -0.05) is 36.4 Å². The zero-order valence-corrected chi connectivity index (χ0v) is 24.0. The number of nitrogens with zero attached hydrogens (tertiary/aromatic N) is 6. The summed E-state index contributed by atoms with van der Waals surface area (Å²) >= 11 is 0. The van der Waals surface area contributed by atoms with Crippen molar-refractivity contribution in [1.82, 2.24) is 30.1 Å². The average molecular weight is 588 g/mol. The Bertz CT molecular complexity index is 1790. The molecule has 0 amide bonds. The SMILES string of the molecule is Cc1cc2cc([C@H](c3nnnn3CCc3ccccc3)N3CCN(c4cccc(C(F)(F)F)c4)CC3)c(=O)[nH]c2cc1C. The van der Waals surface area contributed by atoms with E-state index in [1.54, 1.807) is 10.7 Å². The summed E-state index contributed by atoms with van der Waals surface area (Å²) in [5.74, 6) is 0.553. The number of tetrazole rings is 1. The molecule has 1 saturated heterocycles. The molecule has 8 nitrogen and oxygen atoms in total. The number of alkyl halides is 3. The maximum atomic E-state index is 13.6. The van der Waals surface area contributed by atoms with Gasteiger partial charge in [-0.3, -0.25) is 9.69 Å². The van der Waals surface area contributed by atoms with Crippen molar-refractivity contribution in [2.75, 3.05) is 31.1 Å². The van der Waals surface area contributed by atoms with Crippen molar-refractivity contribution in [3.8, 4) is 0 Å². The van der Waals surface area contributed by atoms with Crippen molar-refractivity contribution in [1.29, 1.82) is 0 Å². The first-order valence-corrected chi connectivity index (χ1v) is 14.3. The molecule has 1 fully saturated rings. The summed E-state index contributed by atoms with van der Waals surface area (Å²) in [5, 5.41) is 13.6. The van der Waals surface area contributed by atoms with Crippen LogP contribution in [0.3, 0.4) is 0 Å². The van der Waals surface area contributed by atoms with Gasteiger partial charge in [-0.2, -0.15) is 13.2 Å². The molecular weight excluding hydrogens is 555 g/mol. The van der Waals surface area contributed by atoms with Crippen LogP contribution >= 0.6 is 0 Å². The van der Waals surface area contributed by atoms with E-state index in [9.17, 15) is 18.0 Å². The summed E-state index contributed by atoms with van der Waals surface area (Å²) in [4.78, 5) is 20.8. The molecule has 0 spiro atoms. The number of hydrogen-bond donors (Lipinski definition) is 1. The first-order valence-electron chi connectivity index (χ1n) is 14.3. The lowest BCUT2D eigenvalue weighted by atomic mass is 10.00. The van der Waals surface area contributed by atoms with Crippen LogP contribution in [0.5, 0.6) is 0 Å².